The van der Waals surface area contributed by atoms with Gasteiger partial charge in [-0.15, -0.1) is 0 Å². The predicted octanol–water partition coefficient (Wildman–Crippen LogP) is 5.31. The molecule has 1 aliphatic rings. The highest BCUT2D eigenvalue weighted by atomic mass is 16.5. The molecule has 0 radical (unpaired) electrons. The van der Waals surface area contributed by atoms with Crippen molar-refractivity contribution in [1.29, 1.82) is 0 Å². The van der Waals surface area contributed by atoms with E-state index in [9.17, 15) is 9.59 Å². The van der Waals surface area contributed by atoms with E-state index in [1.807, 2.05) is 23.1 Å². The second-order valence-corrected chi connectivity index (χ2v) is 9.42. The zero-order chi connectivity index (χ0) is 26.2. The fourth-order valence-electron chi connectivity index (χ4n) is 4.36. The van der Waals surface area contributed by atoms with Gasteiger partial charge in [0.05, 0.1) is 19.8 Å². The Morgan fingerprint density at radius 1 is 0.946 bits per heavy atom. The van der Waals surface area contributed by atoms with Crippen molar-refractivity contribution in [2.75, 3.05) is 45.2 Å². The van der Waals surface area contributed by atoms with Crippen LogP contribution in [0.2, 0.25) is 0 Å². The highest BCUT2D eigenvalue weighted by Crippen LogP contribution is 2.25. The number of nitrogens with one attached hydrogen (secondary N) is 1. The summed E-state index contributed by atoms with van der Waals surface area (Å²) in [6.07, 6.45) is -0.133. The van der Waals surface area contributed by atoms with E-state index in [1.165, 1.54) is 12.5 Å². The molecule has 7 heteroatoms. The van der Waals surface area contributed by atoms with E-state index in [4.69, 9.17) is 9.47 Å². The summed E-state index contributed by atoms with van der Waals surface area (Å²) < 4.78 is 11.9. The first-order valence-electron chi connectivity index (χ1n) is 12.6. The molecule has 37 heavy (non-hydrogen) atoms. The van der Waals surface area contributed by atoms with Gasteiger partial charge >= 0.3 is 6.03 Å². The van der Waals surface area contributed by atoms with Crippen LogP contribution in [0.15, 0.2) is 72.8 Å². The van der Waals surface area contributed by atoms with Gasteiger partial charge < -0.3 is 19.7 Å². The lowest BCUT2D eigenvalue weighted by atomic mass is 10.1. The van der Waals surface area contributed by atoms with Gasteiger partial charge in [-0.25, -0.2) is 4.79 Å². The van der Waals surface area contributed by atoms with Crippen molar-refractivity contribution in [3.05, 3.63) is 95.1 Å². The molecule has 7 nitrogen and oxygen atoms in total. The SMILES string of the molecule is COc1cccc(C(CN2CCN(C(=O)Nc3cccc(C(C)=O)c3)CC2)OCc2ccc(C)cc2)c1. The monoisotopic (exact) mass is 501 g/mol. The van der Waals surface area contributed by atoms with E-state index in [1.54, 1.807) is 31.4 Å². The van der Waals surface area contributed by atoms with Crippen LogP contribution in [-0.4, -0.2) is 61.4 Å². The molecule has 4 rings (SSSR count). The molecule has 1 aliphatic heterocycles. The van der Waals surface area contributed by atoms with Crippen molar-refractivity contribution < 1.29 is 19.1 Å². The lowest BCUT2D eigenvalue weighted by molar-refractivity contribution is 0.00584. The number of ether oxygens (including phenoxy) is 2. The number of carbonyl (C=O) groups is 2. The second kappa shape index (κ2) is 12.5. The normalized spacial score (nSPS) is 14.7. The van der Waals surface area contributed by atoms with Crippen LogP contribution in [0.25, 0.3) is 0 Å². The number of aryl methyl sites for hydroxylation is 1. The number of hydrogen-bond donors (Lipinski definition) is 1. The number of amides is 2. The summed E-state index contributed by atoms with van der Waals surface area (Å²) >= 11 is 0. The predicted molar refractivity (Wildman–Crippen MR) is 145 cm³/mol. The fourth-order valence-corrected chi connectivity index (χ4v) is 4.36. The fraction of sp³-hybridized carbons (Fsp3) is 0.333. The highest BCUT2D eigenvalue weighted by molar-refractivity contribution is 5.96. The van der Waals surface area contributed by atoms with Crippen LogP contribution in [0.5, 0.6) is 5.75 Å². The Kier molecular flexibility index (Phi) is 8.93. The number of ketones is 1. The highest BCUT2D eigenvalue weighted by Gasteiger charge is 2.24. The summed E-state index contributed by atoms with van der Waals surface area (Å²) in [7, 11) is 1.67. The first-order chi connectivity index (χ1) is 17.9. The maximum atomic E-state index is 12.8. The number of benzene rings is 3. The zero-order valence-electron chi connectivity index (χ0n) is 21.8. The summed E-state index contributed by atoms with van der Waals surface area (Å²) in [4.78, 5) is 28.6. The number of anilines is 1. The summed E-state index contributed by atoms with van der Waals surface area (Å²) in [6, 6.07) is 23.3. The number of piperazine rings is 1. The van der Waals surface area contributed by atoms with Crippen molar-refractivity contribution in [3.63, 3.8) is 0 Å². The van der Waals surface area contributed by atoms with Gasteiger partial charge in [0, 0.05) is 44.0 Å². The lowest BCUT2D eigenvalue weighted by Gasteiger charge is -2.36. The van der Waals surface area contributed by atoms with E-state index in [-0.39, 0.29) is 17.9 Å². The molecule has 1 fully saturated rings. The molecule has 2 amide bonds. The molecule has 0 aromatic heterocycles. The number of nitrogens with zero attached hydrogens (tertiary/aromatic N) is 2. The van der Waals surface area contributed by atoms with Gasteiger partial charge in [-0.2, -0.15) is 0 Å². The Bertz CT molecular complexity index is 1200. The first-order valence-corrected chi connectivity index (χ1v) is 12.6. The third-order valence-corrected chi connectivity index (χ3v) is 6.64. The molecule has 1 unspecified atom stereocenters. The number of methoxy groups -OCH3 is 1. The Balaban J connectivity index is 1.36. The van der Waals surface area contributed by atoms with Gasteiger partial charge in [0.2, 0.25) is 0 Å². The van der Waals surface area contributed by atoms with Gasteiger partial charge in [0.15, 0.2) is 5.78 Å². The van der Waals surface area contributed by atoms with E-state index in [0.717, 1.165) is 36.5 Å². The zero-order valence-corrected chi connectivity index (χ0v) is 21.8. The molecule has 0 bridgehead atoms. The van der Waals surface area contributed by atoms with E-state index in [0.29, 0.717) is 30.9 Å². The number of urea groups is 1. The Morgan fingerprint density at radius 3 is 2.38 bits per heavy atom. The average molecular weight is 502 g/mol. The van der Waals surface area contributed by atoms with Crippen molar-refractivity contribution in [3.8, 4) is 5.75 Å². The molecule has 0 spiro atoms. The molecule has 0 saturated carbocycles. The third-order valence-electron chi connectivity index (χ3n) is 6.64. The van der Waals surface area contributed by atoms with Gasteiger partial charge in [0.1, 0.15) is 5.75 Å². The minimum Gasteiger partial charge on any atom is -0.497 e. The van der Waals surface area contributed by atoms with Crippen LogP contribution in [0.1, 0.15) is 40.1 Å². The van der Waals surface area contributed by atoms with Crippen molar-refractivity contribution >= 4 is 17.5 Å². The van der Waals surface area contributed by atoms with Crippen molar-refractivity contribution in [2.45, 2.75) is 26.6 Å². The minimum atomic E-state index is -0.152. The largest absolute Gasteiger partial charge is 0.497 e. The number of rotatable bonds is 9. The maximum absolute atomic E-state index is 12.8. The smallest absolute Gasteiger partial charge is 0.321 e. The summed E-state index contributed by atoms with van der Waals surface area (Å²) in [5, 5.41) is 2.92. The van der Waals surface area contributed by atoms with Crippen molar-refractivity contribution in [2.24, 2.45) is 0 Å². The molecular weight excluding hydrogens is 466 g/mol. The Hall–Kier alpha value is -3.68. The molecule has 3 aromatic rings. The van der Waals surface area contributed by atoms with Crippen LogP contribution in [-0.2, 0) is 11.3 Å². The Labute approximate surface area is 219 Å². The van der Waals surface area contributed by atoms with Crippen molar-refractivity contribution in [1.82, 2.24) is 9.80 Å². The van der Waals surface area contributed by atoms with E-state index < -0.39 is 0 Å². The molecule has 1 heterocycles. The van der Waals surface area contributed by atoms with E-state index >= 15 is 0 Å². The molecule has 1 saturated heterocycles. The summed E-state index contributed by atoms with van der Waals surface area (Å²) in [6.45, 7) is 7.54. The van der Waals surface area contributed by atoms with Gasteiger partial charge in [-0.1, -0.05) is 54.1 Å². The topological polar surface area (TPSA) is 71.1 Å². The first kappa shape index (κ1) is 26.4. The molecule has 194 valence electrons. The lowest BCUT2D eigenvalue weighted by Crippen LogP contribution is -2.50. The van der Waals surface area contributed by atoms with Crippen LogP contribution in [0.3, 0.4) is 0 Å². The Morgan fingerprint density at radius 2 is 1.68 bits per heavy atom. The summed E-state index contributed by atoms with van der Waals surface area (Å²) in [5.74, 6) is 0.775. The summed E-state index contributed by atoms with van der Waals surface area (Å²) in [5.41, 5.74) is 4.63. The van der Waals surface area contributed by atoms with E-state index in [2.05, 4.69) is 47.5 Å². The number of carbonyl (C=O) groups excluding carboxylic acids is 2. The van der Waals surface area contributed by atoms with Crippen LogP contribution in [0, 0.1) is 6.92 Å². The van der Waals surface area contributed by atoms with Gasteiger partial charge in [0.25, 0.3) is 0 Å². The minimum absolute atomic E-state index is 0.0279. The molecule has 0 aliphatic carbocycles. The number of Topliss-reactive ketones (excluding diaryl/α,β-unsaturated/α-hetero) is 1. The second-order valence-electron chi connectivity index (χ2n) is 9.42. The average Bonchev–Trinajstić information content (AvgIpc) is 2.92. The molecule has 1 atom stereocenters. The number of hydrogen-bond acceptors (Lipinski definition) is 5. The van der Waals surface area contributed by atoms with Gasteiger partial charge in [-0.3, -0.25) is 9.69 Å². The van der Waals surface area contributed by atoms with Gasteiger partial charge in [-0.05, 0) is 49.2 Å². The molecule has 3 aromatic carbocycles. The maximum Gasteiger partial charge on any atom is 0.321 e. The van der Waals surface area contributed by atoms with Crippen LogP contribution >= 0.6 is 0 Å². The van der Waals surface area contributed by atoms with Crippen LogP contribution in [0.4, 0.5) is 10.5 Å². The molecule has 1 N–H and O–H groups in total. The molecular formula is C30H35N3O4. The standard InChI is InChI=1S/C30H35N3O4/c1-22-10-12-24(13-11-22)21-37-29(26-7-5-9-28(19-26)36-3)20-32-14-16-33(17-15-32)30(35)31-27-8-4-6-25(18-27)23(2)34/h4-13,18-19,29H,14-17,20-21H2,1-3H3,(H,31,35). The third kappa shape index (κ3) is 7.41. The van der Waals surface area contributed by atoms with Crippen LogP contribution < -0.4 is 10.1 Å². The quantitative estimate of drug-likeness (QED) is 0.402.